The Hall–Kier alpha value is -0.881. The van der Waals surface area contributed by atoms with Gasteiger partial charge in [-0.3, -0.25) is 11.8 Å². The normalized spacial score (nSPS) is 22.8. The van der Waals surface area contributed by atoms with Crippen LogP contribution >= 0.6 is 0 Å². The molecule has 0 aromatic rings. The summed E-state index contributed by atoms with van der Waals surface area (Å²) < 4.78 is 0. The molecule has 2 unspecified atom stereocenters. The van der Waals surface area contributed by atoms with Crippen molar-refractivity contribution in [2.75, 3.05) is 0 Å². The Morgan fingerprint density at radius 2 is 1.27 bits per heavy atom. The van der Waals surface area contributed by atoms with Gasteiger partial charge in [-0.25, -0.2) is 0 Å². The third-order valence-electron chi connectivity index (χ3n) is 1.93. The Kier molecular flexibility index (Phi) is 7.93. The molecule has 2 aliphatic rings. The number of hydrogen-bond donors (Lipinski definition) is 0. The van der Waals surface area contributed by atoms with E-state index in [4.69, 9.17) is 0 Å². The molecule has 1 heteroatoms. The standard InChI is InChI=1S/2C7H6.Fe/c2*1-2-7-5-3-4-6-7;/h2*7H,2H2,1H3;/q2*-1;+2. The third kappa shape index (κ3) is 5.53. The molecule has 2 rings (SSSR count). The summed E-state index contributed by atoms with van der Waals surface area (Å²) >= 11 is 0. The summed E-state index contributed by atoms with van der Waals surface area (Å²) in [7, 11) is 0. The van der Waals surface area contributed by atoms with Crippen LogP contribution in [0.3, 0.4) is 0 Å². The van der Waals surface area contributed by atoms with Crippen LogP contribution in [0.15, 0.2) is 0 Å². The van der Waals surface area contributed by atoms with E-state index in [9.17, 15) is 0 Å². The molecule has 0 saturated carbocycles. The van der Waals surface area contributed by atoms with Crippen LogP contribution in [0.4, 0.5) is 0 Å². The summed E-state index contributed by atoms with van der Waals surface area (Å²) in [5.74, 6) is 12.0. The zero-order valence-electron chi connectivity index (χ0n) is 8.92. The van der Waals surface area contributed by atoms with Crippen LogP contribution in [0.5, 0.6) is 0 Å². The van der Waals surface area contributed by atoms with Gasteiger partial charge < -0.3 is 11.8 Å². The van der Waals surface area contributed by atoms with E-state index in [2.05, 4.69) is 61.8 Å². The van der Waals surface area contributed by atoms with Crippen molar-refractivity contribution in [1.29, 1.82) is 0 Å². The molecule has 0 bridgehead atoms. The largest absolute Gasteiger partial charge is 2.00 e. The molecule has 15 heavy (non-hydrogen) atoms. The second-order valence-electron chi connectivity index (χ2n) is 3.00. The van der Waals surface area contributed by atoms with Gasteiger partial charge in [-0.15, -0.1) is 0 Å². The van der Waals surface area contributed by atoms with Crippen molar-refractivity contribution >= 4 is 0 Å². The first-order valence-corrected chi connectivity index (χ1v) is 4.89. The van der Waals surface area contributed by atoms with E-state index >= 15 is 0 Å². The molecule has 0 amide bonds. The summed E-state index contributed by atoms with van der Waals surface area (Å²) in [5.41, 5.74) is 0. The molecule has 76 valence electrons. The Bertz CT molecular complexity index is 305. The van der Waals surface area contributed by atoms with Crippen molar-refractivity contribution in [3.05, 3.63) is 24.3 Å². The van der Waals surface area contributed by atoms with Gasteiger partial charge in [0.15, 0.2) is 0 Å². The maximum absolute atomic E-state index is 2.93. The minimum Gasteiger partial charge on any atom is -0.322 e. The number of rotatable bonds is 2. The molecule has 2 aliphatic carbocycles. The van der Waals surface area contributed by atoms with Crippen LogP contribution in [-0.2, 0) is 17.1 Å². The van der Waals surface area contributed by atoms with Gasteiger partial charge in [-0.1, -0.05) is 38.5 Å². The Morgan fingerprint density at radius 1 is 0.867 bits per heavy atom. The van der Waals surface area contributed by atoms with Crippen LogP contribution in [0.2, 0.25) is 0 Å². The first kappa shape index (κ1) is 14.1. The summed E-state index contributed by atoms with van der Waals surface area (Å²) in [4.78, 5) is 0. The van der Waals surface area contributed by atoms with Gasteiger partial charge in [0.1, 0.15) is 0 Å². The number of hydrogen-bond acceptors (Lipinski definition) is 0. The average molecular weight is 236 g/mol. The number of allylic oxidation sites excluding steroid dienone is 4. The predicted octanol–water partition coefficient (Wildman–Crippen LogP) is 2.38. The van der Waals surface area contributed by atoms with Crippen LogP contribution in [0, 0.1) is 59.8 Å². The Morgan fingerprint density at radius 3 is 1.40 bits per heavy atom. The molecule has 2 radical (unpaired) electrons. The molecule has 0 aromatic heterocycles. The average Bonchev–Trinajstić information content (AvgIpc) is 2.92. The van der Waals surface area contributed by atoms with E-state index in [1.165, 1.54) is 0 Å². The second-order valence-corrected chi connectivity index (χ2v) is 3.00. The Balaban J connectivity index is 0.000000245. The van der Waals surface area contributed by atoms with Gasteiger partial charge in [0, 0.05) is 0 Å². The van der Waals surface area contributed by atoms with Crippen LogP contribution < -0.4 is 0 Å². The van der Waals surface area contributed by atoms with Crippen LogP contribution in [0.1, 0.15) is 26.7 Å². The smallest absolute Gasteiger partial charge is 0.322 e. The van der Waals surface area contributed by atoms with E-state index in [-0.39, 0.29) is 17.1 Å². The first-order valence-electron chi connectivity index (χ1n) is 4.89. The van der Waals surface area contributed by atoms with Crippen molar-refractivity contribution in [1.82, 2.24) is 0 Å². The molecule has 0 aliphatic heterocycles. The van der Waals surface area contributed by atoms with Crippen molar-refractivity contribution in [2.45, 2.75) is 26.7 Å². The van der Waals surface area contributed by atoms with Crippen molar-refractivity contribution in [2.24, 2.45) is 11.8 Å². The summed E-state index contributed by atoms with van der Waals surface area (Å²) in [6.45, 7) is 4.19. The molecule has 0 heterocycles. The molecule has 2 atom stereocenters. The van der Waals surface area contributed by atoms with Gasteiger partial charge in [0.25, 0.3) is 0 Å². The molecule has 0 saturated heterocycles. The third-order valence-corrected chi connectivity index (χ3v) is 1.93. The molecule has 0 fully saturated rings. The van der Waals surface area contributed by atoms with E-state index in [1.807, 2.05) is 0 Å². The van der Waals surface area contributed by atoms with Crippen molar-refractivity contribution in [3.8, 4) is 23.7 Å². The summed E-state index contributed by atoms with van der Waals surface area (Å²) in [6.07, 6.45) is 13.4. The van der Waals surface area contributed by atoms with E-state index in [0.717, 1.165) is 12.8 Å². The zero-order chi connectivity index (χ0) is 10.2. The molecular formula is C14H12Fe. The van der Waals surface area contributed by atoms with E-state index < -0.39 is 0 Å². The maximum atomic E-state index is 2.93. The molecule has 0 aromatic carbocycles. The maximum Gasteiger partial charge on any atom is 2.00 e. The fourth-order valence-corrected chi connectivity index (χ4v) is 0.973. The molecule has 0 nitrogen and oxygen atoms in total. The van der Waals surface area contributed by atoms with Crippen LogP contribution in [0.25, 0.3) is 0 Å². The summed E-state index contributed by atoms with van der Waals surface area (Å²) in [6, 6.07) is 0. The quantitative estimate of drug-likeness (QED) is 0.392. The van der Waals surface area contributed by atoms with E-state index in [0.29, 0.717) is 11.8 Å². The zero-order valence-corrected chi connectivity index (χ0v) is 10.0. The van der Waals surface area contributed by atoms with Crippen LogP contribution in [-0.4, -0.2) is 0 Å². The topological polar surface area (TPSA) is 0 Å². The van der Waals surface area contributed by atoms with Crippen molar-refractivity contribution in [3.63, 3.8) is 0 Å². The Labute approximate surface area is 104 Å². The van der Waals surface area contributed by atoms with Gasteiger partial charge in [-0.05, 0) is 0 Å². The fourth-order valence-electron chi connectivity index (χ4n) is 0.973. The predicted molar refractivity (Wildman–Crippen MR) is 56.1 cm³/mol. The minimum atomic E-state index is 0. The first-order chi connectivity index (χ1) is 6.86. The molecule has 0 N–H and O–H groups in total. The van der Waals surface area contributed by atoms with Crippen molar-refractivity contribution < 1.29 is 17.1 Å². The SMILES string of the molecule is CCC1[C]=[C-]C#C1.CCC1[C]=[C-]C#C1.[Fe+2]. The molecule has 0 spiro atoms. The second kappa shape index (κ2) is 8.43. The fraction of sp³-hybridized carbons (Fsp3) is 0.429. The summed E-state index contributed by atoms with van der Waals surface area (Å²) in [5, 5.41) is 0. The van der Waals surface area contributed by atoms with E-state index in [1.54, 1.807) is 0 Å². The monoisotopic (exact) mass is 236 g/mol. The molecular weight excluding hydrogens is 224 g/mol. The van der Waals surface area contributed by atoms with Gasteiger partial charge >= 0.3 is 17.1 Å². The van der Waals surface area contributed by atoms with Gasteiger partial charge in [-0.2, -0.15) is 24.3 Å². The van der Waals surface area contributed by atoms with Gasteiger partial charge in [0.05, 0.1) is 0 Å². The minimum absolute atomic E-state index is 0. The van der Waals surface area contributed by atoms with Gasteiger partial charge in [0.2, 0.25) is 0 Å².